The Kier molecular flexibility index (Phi) is 7.07. The van der Waals surface area contributed by atoms with Crippen LogP contribution in [0.5, 0.6) is 6.01 Å². The number of ether oxygens (including phenoxy) is 1. The first-order chi connectivity index (χ1) is 15.7. The lowest BCUT2D eigenvalue weighted by Gasteiger charge is -2.10. The topological polar surface area (TPSA) is 89.0 Å². The van der Waals surface area contributed by atoms with Gasteiger partial charge in [-0.1, -0.05) is 48.6 Å². The molecule has 164 valence electrons. The number of anilines is 1. The molecule has 2 aromatic carbocycles. The van der Waals surface area contributed by atoms with Crippen LogP contribution in [0.15, 0.2) is 54.6 Å². The maximum Gasteiger partial charge on any atom is 0.321 e. The van der Waals surface area contributed by atoms with E-state index in [1.54, 1.807) is 0 Å². The van der Waals surface area contributed by atoms with Crippen LogP contribution in [0.1, 0.15) is 52.6 Å². The lowest BCUT2D eigenvalue weighted by atomic mass is 10.1. The van der Waals surface area contributed by atoms with Crippen LogP contribution in [0.2, 0.25) is 0 Å². The SMILES string of the molecule is CCOc1nc2nc(n1)NCc1ccc(cc1)/C=C\CCCNC(=O)c1ccc(cc1)C2. The van der Waals surface area contributed by atoms with E-state index in [0.717, 1.165) is 29.5 Å². The Hall–Kier alpha value is -3.74. The van der Waals surface area contributed by atoms with Gasteiger partial charge in [0.1, 0.15) is 5.82 Å². The van der Waals surface area contributed by atoms with Gasteiger partial charge in [0.05, 0.1) is 6.61 Å². The molecule has 5 heterocycles. The monoisotopic (exact) mass is 429 g/mol. The molecule has 0 unspecified atom stereocenters. The van der Waals surface area contributed by atoms with Crippen LogP contribution in [-0.2, 0) is 13.0 Å². The minimum Gasteiger partial charge on any atom is -0.464 e. The number of nitrogens with one attached hydrogen (secondary N) is 2. The van der Waals surface area contributed by atoms with Crippen LogP contribution in [0, 0.1) is 0 Å². The van der Waals surface area contributed by atoms with Crippen molar-refractivity contribution >= 4 is 17.9 Å². The Morgan fingerprint density at radius 2 is 1.72 bits per heavy atom. The van der Waals surface area contributed by atoms with E-state index in [4.69, 9.17) is 4.74 Å². The standard InChI is InChI=1S/C25H27N5O2/c1-2-32-25-29-22-16-19-11-13-21(14-12-19)23(31)26-15-5-3-4-6-18-7-9-20(10-8-18)17-27-24(28-22)30-25/h4,6-14H,2-3,5,15-17H2,1H3,(H,26,31)(H,27,28,29,30)/b6-4-. The summed E-state index contributed by atoms with van der Waals surface area (Å²) in [4.78, 5) is 25.8. The fraction of sp³-hybridized carbons (Fsp3) is 0.280. The molecule has 7 rings (SSSR count). The zero-order valence-corrected chi connectivity index (χ0v) is 18.2. The number of aromatic nitrogens is 3. The molecule has 0 saturated carbocycles. The maximum atomic E-state index is 12.4. The number of carbonyl (C=O) groups excluding carboxylic acids is 1. The Morgan fingerprint density at radius 1 is 0.938 bits per heavy atom. The molecule has 0 spiro atoms. The molecule has 0 aliphatic carbocycles. The number of allylic oxidation sites excluding steroid dienone is 1. The van der Waals surface area contributed by atoms with E-state index in [2.05, 4.69) is 62.0 Å². The summed E-state index contributed by atoms with van der Waals surface area (Å²) >= 11 is 0. The summed E-state index contributed by atoms with van der Waals surface area (Å²) in [6.07, 6.45) is 6.56. The highest BCUT2D eigenvalue weighted by Crippen LogP contribution is 2.15. The number of nitrogens with zero attached hydrogens (tertiary/aromatic N) is 3. The Bertz CT molecular complexity index is 1080. The third kappa shape index (κ3) is 5.91. The van der Waals surface area contributed by atoms with Crippen molar-refractivity contribution in [1.29, 1.82) is 0 Å². The average molecular weight is 430 g/mol. The molecular formula is C25H27N5O2. The fourth-order valence-electron chi connectivity index (χ4n) is 3.38. The zero-order valence-electron chi connectivity index (χ0n) is 18.2. The van der Waals surface area contributed by atoms with Gasteiger partial charge in [-0.3, -0.25) is 4.79 Å². The lowest BCUT2D eigenvalue weighted by Crippen LogP contribution is -2.24. The van der Waals surface area contributed by atoms with Gasteiger partial charge in [-0.05, 0) is 48.6 Å². The number of carbonyl (C=O) groups is 1. The first-order valence-corrected chi connectivity index (χ1v) is 10.9. The van der Waals surface area contributed by atoms with Gasteiger partial charge in [-0.2, -0.15) is 15.0 Å². The number of rotatable bonds is 2. The van der Waals surface area contributed by atoms with Crippen LogP contribution in [0.4, 0.5) is 5.95 Å². The molecule has 1 amide bonds. The molecule has 7 nitrogen and oxygen atoms in total. The summed E-state index contributed by atoms with van der Waals surface area (Å²) in [6.45, 7) is 3.61. The molecule has 3 aromatic rings. The largest absolute Gasteiger partial charge is 0.464 e. The second-order valence-electron chi connectivity index (χ2n) is 7.56. The van der Waals surface area contributed by atoms with E-state index in [9.17, 15) is 4.79 Å². The van der Waals surface area contributed by atoms with Gasteiger partial charge < -0.3 is 15.4 Å². The highest BCUT2D eigenvalue weighted by Gasteiger charge is 2.10. The van der Waals surface area contributed by atoms with Crippen LogP contribution < -0.4 is 15.4 Å². The second kappa shape index (κ2) is 10.5. The molecule has 4 aliphatic heterocycles. The van der Waals surface area contributed by atoms with Crippen molar-refractivity contribution in [2.24, 2.45) is 0 Å². The van der Waals surface area contributed by atoms with Crippen molar-refractivity contribution < 1.29 is 9.53 Å². The van der Waals surface area contributed by atoms with Crippen LogP contribution in [0.3, 0.4) is 0 Å². The predicted octanol–water partition coefficient (Wildman–Crippen LogP) is 4.01. The number of amides is 1. The molecule has 0 radical (unpaired) electrons. The molecule has 2 N–H and O–H groups in total. The zero-order chi connectivity index (χ0) is 22.2. The Balaban J connectivity index is 1.61. The summed E-state index contributed by atoms with van der Waals surface area (Å²) in [6, 6.07) is 16.2. The molecule has 0 atom stereocenters. The summed E-state index contributed by atoms with van der Waals surface area (Å²) < 4.78 is 5.54. The van der Waals surface area contributed by atoms with E-state index < -0.39 is 0 Å². The van der Waals surface area contributed by atoms with Crippen molar-refractivity contribution in [3.63, 3.8) is 0 Å². The van der Waals surface area contributed by atoms with Crippen molar-refractivity contribution in [1.82, 2.24) is 20.3 Å². The van der Waals surface area contributed by atoms with Crippen LogP contribution in [-0.4, -0.2) is 34.0 Å². The normalized spacial score (nSPS) is 15.3. The van der Waals surface area contributed by atoms with E-state index >= 15 is 0 Å². The van der Waals surface area contributed by atoms with Gasteiger partial charge in [0.15, 0.2) is 0 Å². The van der Waals surface area contributed by atoms with Crippen molar-refractivity contribution in [3.05, 3.63) is 82.7 Å². The minimum absolute atomic E-state index is 0.0627. The van der Waals surface area contributed by atoms with Crippen molar-refractivity contribution in [2.45, 2.75) is 32.7 Å². The maximum absolute atomic E-state index is 12.4. The van der Waals surface area contributed by atoms with Crippen LogP contribution in [0.25, 0.3) is 6.08 Å². The highest BCUT2D eigenvalue weighted by molar-refractivity contribution is 5.94. The first-order valence-electron chi connectivity index (χ1n) is 10.9. The second-order valence-corrected chi connectivity index (χ2v) is 7.56. The third-order valence-electron chi connectivity index (χ3n) is 5.09. The Labute approximate surface area is 188 Å². The van der Waals surface area contributed by atoms with E-state index in [-0.39, 0.29) is 5.91 Å². The summed E-state index contributed by atoms with van der Waals surface area (Å²) in [5, 5.41) is 6.26. The first kappa shape index (κ1) is 21.5. The van der Waals surface area contributed by atoms with E-state index in [1.807, 2.05) is 31.2 Å². The van der Waals surface area contributed by atoms with Crippen molar-refractivity contribution in [2.75, 3.05) is 18.5 Å². The molecule has 7 heteroatoms. The molecule has 0 fully saturated rings. The van der Waals surface area contributed by atoms with Crippen molar-refractivity contribution in [3.8, 4) is 6.01 Å². The van der Waals surface area contributed by atoms with E-state index in [1.165, 1.54) is 0 Å². The summed E-state index contributed by atoms with van der Waals surface area (Å²) in [5.74, 6) is 1.02. The minimum atomic E-state index is -0.0627. The lowest BCUT2D eigenvalue weighted by molar-refractivity contribution is 0.0953. The number of benzene rings is 2. The number of hydrogen-bond acceptors (Lipinski definition) is 6. The molecule has 1 aromatic heterocycles. The van der Waals surface area contributed by atoms with Gasteiger partial charge >= 0.3 is 6.01 Å². The molecule has 6 bridgehead atoms. The molecular weight excluding hydrogens is 402 g/mol. The van der Waals surface area contributed by atoms with Gasteiger partial charge in [0.2, 0.25) is 5.95 Å². The Morgan fingerprint density at radius 3 is 2.50 bits per heavy atom. The van der Waals surface area contributed by atoms with Gasteiger partial charge in [-0.15, -0.1) is 0 Å². The summed E-state index contributed by atoms with van der Waals surface area (Å²) in [7, 11) is 0. The summed E-state index contributed by atoms with van der Waals surface area (Å²) in [5.41, 5.74) is 3.92. The number of hydrogen-bond donors (Lipinski definition) is 2. The molecule has 32 heavy (non-hydrogen) atoms. The predicted molar refractivity (Wildman–Crippen MR) is 125 cm³/mol. The van der Waals surface area contributed by atoms with Gasteiger partial charge in [-0.25, -0.2) is 0 Å². The van der Waals surface area contributed by atoms with Gasteiger partial charge in [0, 0.05) is 25.1 Å². The molecule has 4 aliphatic rings. The molecule has 0 saturated heterocycles. The highest BCUT2D eigenvalue weighted by atomic mass is 16.5. The van der Waals surface area contributed by atoms with E-state index in [0.29, 0.717) is 49.5 Å². The third-order valence-corrected chi connectivity index (χ3v) is 5.09. The van der Waals surface area contributed by atoms with Crippen LogP contribution >= 0.6 is 0 Å². The smallest absolute Gasteiger partial charge is 0.321 e. The average Bonchev–Trinajstić information content (AvgIpc) is 2.81. The van der Waals surface area contributed by atoms with Gasteiger partial charge in [0.25, 0.3) is 5.91 Å². The fourth-order valence-corrected chi connectivity index (χ4v) is 3.38. The quantitative estimate of drug-likeness (QED) is 0.640.